The molecular weight excluding hydrogens is 564 g/mol. The zero-order valence-electron chi connectivity index (χ0n) is 22.3. The third-order valence-corrected chi connectivity index (χ3v) is 8.70. The summed E-state index contributed by atoms with van der Waals surface area (Å²) in [7, 11) is 0. The van der Waals surface area contributed by atoms with Gasteiger partial charge in [0.25, 0.3) is 0 Å². The highest BCUT2D eigenvalue weighted by atomic mass is 79.9. The van der Waals surface area contributed by atoms with Crippen LogP contribution in [0.3, 0.4) is 0 Å². The molecule has 0 radical (unpaired) electrons. The van der Waals surface area contributed by atoms with Crippen LogP contribution in [0.4, 0.5) is 0 Å². The maximum absolute atomic E-state index is 6.07. The van der Waals surface area contributed by atoms with Crippen LogP contribution in [0.15, 0.2) is 142 Å². The molecule has 0 unspecified atom stereocenters. The molecule has 1 aromatic heterocycles. The van der Waals surface area contributed by atoms with Gasteiger partial charge in [-0.25, -0.2) is 0 Å². The van der Waals surface area contributed by atoms with E-state index in [2.05, 4.69) is 143 Å². The van der Waals surface area contributed by atoms with E-state index < -0.39 is 0 Å². The van der Waals surface area contributed by atoms with E-state index in [1.165, 1.54) is 55.6 Å². The predicted molar refractivity (Wildman–Crippen MR) is 176 cm³/mol. The number of fused-ring (bicyclic) bond motifs is 6. The lowest BCUT2D eigenvalue weighted by atomic mass is 9.80. The fourth-order valence-corrected chi connectivity index (χ4v) is 6.41. The SMILES string of the molecule is Brc1ccc(-c2cccc(-c3ccc4c(c3)-c3ccccc3CC4=Cc3ccc4oc5ccccc5c4c3)c2)cc1. The molecule has 6 aromatic carbocycles. The van der Waals surface area contributed by atoms with Crippen LogP contribution in [0.5, 0.6) is 0 Å². The van der Waals surface area contributed by atoms with Gasteiger partial charge in [0.15, 0.2) is 0 Å². The van der Waals surface area contributed by atoms with Gasteiger partial charge in [-0.2, -0.15) is 0 Å². The summed E-state index contributed by atoms with van der Waals surface area (Å²) in [6, 6.07) is 47.9. The second-order valence-electron chi connectivity index (χ2n) is 10.7. The lowest BCUT2D eigenvalue weighted by Crippen LogP contribution is -2.03. The summed E-state index contributed by atoms with van der Waals surface area (Å²) >= 11 is 3.55. The average molecular weight is 590 g/mol. The van der Waals surface area contributed by atoms with Crippen molar-refractivity contribution in [3.8, 4) is 33.4 Å². The smallest absolute Gasteiger partial charge is 0.135 e. The minimum Gasteiger partial charge on any atom is -0.456 e. The molecule has 0 atom stereocenters. The fraction of sp³-hybridized carbons (Fsp3) is 0.0256. The summed E-state index contributed by atoms with van der Waals surface area (Å²) in [6.45, 7) is 0. The molecule has 0 fully saturated rings. The Morgan fingerprint density at radius 1 is 0.512 bits per heavy atom. The Morgan fingerprint density at radius 2 is 1.24 bits per heavy atom. The summed E-state index contributed by atoms with van der Waals surface area (Å²) in [5.41, 5.74) is 14.5. The van der Waals surface area contributed by atoms with Gasteiger partial charge in [-0.1, -0.05) is 113 Å². The average Bonchev–Trinajstić information content (AvgIpc) is 3.39. The third kappa shape index (κ3) is 4.32. The molecule has 1 aliphatic rings. The van der Waals surface area contributed by atoms with Gasteiger partial charge in [0.1, 0.15) is 11.2 Å². The van der Waals surface area contributed by atoms with E-state index in [1.54, 1.807) is 0 Å². The van der Waals surface area contributed by atoms with Crippen LogP contribution in [0.2, 0.25) is 0 Å². The molecule has 1 aliphatic carbocycles. The van der Waals surface area contributed by atoms with Gasteiger partial charge < -0.3 is 4.42 Å². The quantitative estimate of drug-likeness (QED) is 0.200. The first kappa shape index (κ1) is 24.2. The Morgan fingerprint density at radius 3 is 2.15 bits per heavy atom. The molecule has 0 saturated carbocycles. The zero-order valence-corrected chi connectivity index (χ0v) is 23.9. The molecular formula is C39H25BrO. The molecule has 0 aliphatic heterocycles. The van der Waals surface area contributed by atoms with Crippen LogP contribution >= 0.6 is 15.9 Å². The number of hydrogen-bond acceptors (Lipinski definition) is 1. The molecule has 0 N–H and O–H groups in total. The Hall–Kier alpha value is -4.66. The first-order valence-corrected chi connectivity index (χ1v) is 14.7. The van der Waals surface area contributed by atoms with Gasteiger partial charge in [-0.3, -0.25) is 0 Å². The topological polar surface area (TPSA) is 13.1 Å². The van der Waals surface area contributed by atoms with Gasteiger partial charge in [0, 0.05) is 15.2 Å². The Kier molecular flexibility index (Phi) is 5.75. The van der Waals surface area contributed by atoms with E-state index in [1.807, 2.05) is 12.1 Å². The Bertz CT molecular complexity index is 2130. The van der Waals surface area contributed by atoms with Crippen LogP contribution < -0.4 is 0 Å². The number of furan rings is 1. The van der Waals surface area contributed by atoms with Crippen LogP contribution in [-0.4, -0.2) is 0 Å². The summed E-state index contributed by atoms with van der Waals surface area (Å²) < 4.78 is 7.16. The highest BCUT2D eigenvalue weighted by molar-refractivity contribution is 9.10. The number of benzene rings is 6. The number of halogens is 1. The van der Waals surface area contributed by atoms with E-state index in [0.717, 1.165) is 32.8 Å². The van der Waals surface area contributed by atoms with Crippen molar-refractivity contribution in [1.29, 1.82) is 0 Å². The van der Waals surface area contributed by atoms with Gasteiger partial charge in [-0.05, 0) is 105 Å². The summed E-state index contributed by atoms with van der Waals surface area (Å²) in [6.07, 6.45) is 3.26. The lowest BCUT2D eigenvalue weighted by molar-refractivity contribution is 0.669. The lowest BCUT2D eigenvalue weighted by Gasteiger charge is -2.24. The number of para-hydroxylation sites is 1. The standard InChI is InChI=1S/C39H25BrO/c40-32-16-13-26(14-17-32)27-7-5-8-28(22-27)29-15-18-34-31(23-30-6-1-2-9-33(30)36(34)24-29)20-25-12-19-39-37(21-25)35-10-3-4-11-38(35)41-39/h1-22,24H,23H2. The van der Waals surface area contributed by atoms with Crippen molar-refractivity contribution in [1.82, 2.24) is 0 Å². The van der Waals surface area contributed by atoms with Crippen molar-refractivity contribution in [2.24, 2.45) is 0 Å². The highest BCUT2D eigenvalue weighted by Crippen LogP contribution is 2.42. The molecule has 2 heteroatoms. The Labute approximate surface area is 247 Å². The fourth-order valence-electron chi connectivity index (χ4n) is 6.15. The van der Waals surface area contributed by atoms with E-state index in [0.29, 0.717) is 0 Å². The van der Waals surface area contributed by atoms with Crippen molar-refractivity contribution >= 4 is 49.5 Å². The minimum atomic E-state index is 0.908. The van der Waals surface area contributed by atoms with E-state index in [9.17, 15) is 0 Å². The molecule has 0 amide bonds. The van der Waals surface area contributed by atoms with Crippen molar-refractivity contribution < 1.29 is 4.42 Å². The molecule has 194 valence electrons. The van der Waals surface area contributed by atoms with Gasteiger partial charge in [0.2, 0.25) is 0 Å². The highest BCUT2D eigenvalue weighted by Gasteiger charge is 2.20. The second kappa shape index (κ2) is 9.76. The van der Waals surface area contributed by atoms with Crippen molar-refractivity contribution in [2.45, 2.75) is 6.42 Å². The predicted octanol–water partition coefficient (Wildman–Crippen LogP) is 11.4. The second-order valence-corrected chi connectivity index (χ2v) is 11.6. The van der Waals surface area contributed by atoms with Crippen molar-refractivity contribution in [3.63, 3.8) is 0 Å². The first-order chi connectivity index (χ1) is 20.2. The van der Waals surface area contributed by atoms with E-state index >= 15 is 0 Å². The maximum atomic E-state index is 6.07. The van der Waals surface area contributed by atoms with Crippen LogP contribution in [0, 0.1) is 0 Å². The van der Waals surface area contributed by atoms with Crippen LogP contribution in [0.1, 0.15) is 16.7 Å². The third-order valence-electron chi connectivity index (χ3n) is 8.17. The normalized spacial score (nSPS) is 13.4. The molecule has 41 heavy (non-hydrogen) atoms. The van der Waals surface area contributed by atoms with Gasteiger partial charge >= 0.3 is 0 Å². The monoisotopic (exact) mass is 588 g/mol. The molecule has 1 nitrogen and oxygen atoms in total. The molecule has 1 heterocycles. The molecule has 0 saturated heterocycles. The zero-order chi connectivity index (χ0) is 27.3. The van der Waals surface area contributed by atoms with Crippen LogP contribution in [0.25, 0.3) is 67.0 Å². The maximum Gasteiger partial charge on any atom is 0.135 e. The van der Waals surface area contributed by atoms with Crippen molar-refractivity contribution in [2.75, 3.05) is 0 Å². The van der Waals surface area contributed by atoms with E-state index in [4.69, 9.17) is 4.42 Å². The molecule has 8 rings (SSSR count). The first-order valence-electron chi connectivity index (χ1n) is 13.9. The molecule has 7 aromatic rings. The summed E-state index contributed by atoms with van der Waals surface area (Å²) in [5.74, 6) is 0. The summed E-state index contributed by atoms with van der Waals surface area (Å²) in [5, 5.41) is 2.32. The molecule has 0 spiro atoms. The van der Waals surface area contributed by atoms with Crippen LogP contribution in [-0.2, 0) is 6.42 Å². The number of allylic oxidation sites excluding steroid dienone is 1. The number of hydrogen-bond donors (Lipinski definition) is 0. The van der Waals surface area contributed by atoms with Gasteiger partial charge in [-0.15, -0.1) is 0 Å². The number of rotatable bonds is 3. The van der Waals surface area contributed by atoms with E-state index in [-0.39, 0.29) is 0 Å². The largest absolute Gasteiger partial charge is 0.456 e. The van der Waals surface area contributed by atoms with Gasteiger partial charge in [0.05, 0.1) is 0 Å². The van der Waals surface area contributed by atoms with Crippen molar-refractivity contribution in [3.05, 3.63) is 155 Å². The Balaban J connectivity index is 1.24. The molecule has 0 bridgehead atoms. The summed E-state index contributed by atoms with van der Waals surface area (Å²) in [4.78, 5) is 0. The minimum absolute atomic E-state index is 0.908.